The van der Waals surface area contributed by atoms with Crippen LogP contribution in [-0.4, -0.2) is 59.8 Å². The topological polar surface area (TPSA) is 95.9 Å². The first-order valence-electron chi connectivity index (χ1n) is 10.2. The molecule has 2 atom stereocenters. The van der Waals surface area contributed by atoms with Gasteiger partial charge in [0.15, 0.2) is 0 Å². The van der Waals surface area contributed by atoms with Gasteiger partial charge in [0.2, 0.25) is 5.91 Å². The van der Waals surface area contributed by atoms with E-state index in [1.54, 1.807) is 6.92 Å². The maximum Gasteiger partial charge on any atom is 0.305 e. The highest BCUT2D eigenvalue weighted by atomic mass is 19.1. The molecule has 2 heterocycles. The van der Waals surface area contributed by atoms with Crippen molar-refractivity contribution in [1.82, 2.24) is 10.2 Å². The standard InChI is InChI=1S/C22H27FN2O5/c1-2-19(21(28)24-17(5-8-23)12-20(26)27)25-13-16-4-3-15(11-18(16)22(25)29)14-6-9-30-10-7-14/h3-4,6,11,17,19H,2,5,7-10,12-13H2,1H3,(H,24,28)(H,26,27). The molecule has 0 bridgehead atoms. The third kappa shape index (κ3) is 4.87. The molecule has 2 unspecified atom stereocenters. The van der Waals surface area contributed by atoms with Gasteiger partial charge in [-0.1, -0.05) is 25.1 Å². The van der Waals surface area contributed by atoms with Gasteiger partial charge in [-0.15, -0.1) is 0 Å². The molecule has 0 radical (unpaired) electrons. The lowest BCUT2D eigenvalue weighted by Gasteiger charge is -2.27. The summed E-state index contributed by atoms with van der Waals surface area (Å²) in [4.78, 5) is 38.4. The second kappa shape index (κ2) is 9.84. The van der Waals surface area contributed by atoms with Crippen LogP contribution in [0.25, 0.3) is 5.57 Å². The van der Waals surface area contributed by atoms with Crippen molar-refractivity contribution in [2.45, 2.75) is 51.2 Å². The van der Waals surface area contributed by atoms with Crippen LogP contribution in [0, 0.1) is 0 Å². The third-order valence-corrected chi connectivity index (χ3v) is 5.57. The van der Waals surface area contributed by atoms with Crippen LogP contribution in [0.15, 0.2) is 24.3 Å². The smallest absolute Gasteiger partial charge is 0.305 e. The monoisotopic (exact) mass is 418 g/mol. The van der Waals surface area contributed by atoms with Crippen LogP contribution in [0.1, 0.15) is 54.1 Å². The van der Waals surface area contributed by atoms with E-state index < -0.39 is 30.6 Å². The maximum atomic E-state index is 13.1. The predicted molar refractivity (Wildman–Crippen MR) is 109 cm³/mol. The summed E-state index contributed by atoms with van der Waals surface area (Å²) in [6, 6.07) is 4.22. The molecule has 2 N–H and O–H groups in total. The van der Waals surface area contributed by atoms with E-state index in [0.717, 1.165) is 23.1 Å². The summed E-state index contributed by atoms with van der Waals surface area (Å²) in [7, 11) is 0. The number of alkyl halides is 1. The lowest BCUT2D eigenvalue weighted by molar-refractivity contribution is -0.138. The number of rotatable bonds is 9. The zero-order valence-corrected chi connectivity index (χ0v) is 17.0. The number of fused-ring (bicyclic) bond motifs is 1. The Morgan fingerprint density at radius 1 is 1.37 bits per heavy atom. The van der Waals surface area contributed by atoms with Gasteiger partial charge in [-0.25, -0.2) is 0 Å². The fraction of sp³-hybridized carbons (Fsp3) is 0.500. The minimum Gasteiger partial charge on any atom is -0.481 e. The SMILES string of the molecule is CCC(C(=O)NC(CCF)CC(=O)O)N1Cc2ccc(C3=CCOCC3)cc2C1=O. The van der Waals surface area contributed by atoms with Gasteiger partial charge in [-0.3, -0.25) is 18.8 Å². The molecule has 0 saturated heterocycles. The molecule has 3 rings (SSSR count). The molecular weight excluding hydrogens is 391 g/mol. The van der Waals surface area contributed by atoms with Crippen molar-refractivity contribution in [2.24, 2.45) is 0 Å². The summed E-state index contributed by atoms with van der Waals surface area (Å²) in [5, 5.41) is 11.6. The van der Waals surface area contributed by atoms with Gasteiger partial charge in [-0.2, -0.15) is 0 Å². The minimum atomic E-state index is -1.11. The molecule has 0 aromatic heterocycles. The first kappa shape index (κ1) is 22.0. The van der Waals surface area contributed by atoms with Crippen molar-refractivity contribution in [3.05, 3.63) is 41.0 Å². The van der Waals surface area contributed by atoms with Crippen molar-refractivity contribution in [3.8, 4) is 0 Å². The largest absolute Gasteiger partial charge is 0.481 e. The van der Waals surface area contributed by atoms with E-state index in [-0.39, 0.29) is 18.7 Å². The van der Waals surface area contributed by atoms with Crippen molar-refractivity contribution in [3.63, 3.8) is 0 Å². The number of carbonyl (C=O) groups excluding carboxylic acids is 2. The van der Waals surface area contributed by atoms with Crippen molar-refractivity contribution >= 4 is 23.4 Å². The summed E-state index contributed by atoms with van der Waals surface area (Å²) in [6.07, 6.45) is 2.73. The van der Waals surface area contributed by atoms with E-state index in [1.807, 2.05) is 24.3 Å². The zero-order valence-electron chi connectivity index (χ0n) is 17.0. The minimum absolute atomic E-state index is 0.0785. The van der Waals surface area contributed by atoms with E-state index in [1.165, 1.54) is 4.90 Å². The van der Waals surface area contributed by atoms with E-state index in [9.17, 15) is 18.8 Å². The number of benzene rings is 1. The Hall–Kier alpha value is -2.74. The number of hydrogen-bond donors (Lipinski definition) is 2. The van der Waals surface area contributed by atoms with Crippen LogP contribution in [0.2, 0.25) is 0 Å². The lowest BCUT2D eigenvalue weighted by Crippen LogP contribution is -2.50. The summed E-state index contributed by atoms with van der Waals surface area (Å²) in [6.45, 7) is 2.58. The Kier molecular flexibility index (Phi) is 7.20. The van der Waals surface area contributed by atoms with Crippen LogP contribution < -0.4 is 5.32 Å². The lowest BCUT2D eigenvalue weighted by atomic mass is 9.97. The Balaban J connectivity index is 1.75. The molecule has 2 aliphatic rings. The molecule has 2 aliphatic heterocycles. The number of ether oxygens (including phenoxy) is 1. The van der Waals surface area contributed by atoms with Crippen LogP contribution in [0.3, 0.4) is 0 Å². The first-order valence-corrected chi connectivity index (χ1v) is 10.2. The van der Waals surface area contributed by atoms with E-state index in [4.69, 9.17) is 9.84 Å². The fourth-order valence-electron chi connectivity index (χ4n) is 3.98. The molecule has 8 heteroatoms. The van der Waals surface area contributed by atoms with Gasteiger partial charge in [0.25, 0.3) is 5.91 Å². The number of aliphatic carboxylic acids is 1. The highest BCUT2D eigenvalue weighted by Crippen LogP contribution is 2.30. The first-order chi connectivity index (χ1) is 14.4. The summed E-state index contributed by atoms with van der Waals surface area (Å²) < 4.78 is 18.1. The van der Waals surface area contributed by atoms with Gasteiger partial charge >= 0.3 is 5.97 Å². The molecule has 30 heavy (non-hydrogen) atoms. The van der Waals surface area contributed by atoms with E-state index in [2.05, 4.69) is 5.32 Å². The number of nitrogens with one attached hydrogen (secondary N) is 1. The number of amides is 2. The molecule has 2 amide bonds. The molecule has 0 fully saturated rings. The molecular formula is C22H27FN2O5. The highest BCUT2D eigenvalue weighted by molar-refractivity contribution is 6.01. The molecule has 162 valence electrons. The number of carbonyl (C=O) groups is 3. The number of nitrogens with zero attached hydrogens (tertiary/aromatic N) is 1. The molecule has 0 saturated carbocycles. The summed E-state index contributed by atoms with van der Waals surface area (Å²) in [5.74, 6) is -1.78. The zero-order chi connectivity index (χ0) is 21.7. The Bertz CT molecular complexity index is 854. The van der Waals surface area contributed by atoms with Gasteiger partial charge < -0.3 is 20.1 Å². The van der Waals surface area contributed by atoms with Crippen LogP contribution in [0.5, 0.6) is 0 Å². The average Bonchev–Trinajstić information content (AvgIpc) is 3.05. The molecule has 7 nitrogen and oxygen atoms in total. The average molecular weight is 418 g/mol. The van der Waals surface area contributed by atoms with Crippen molar-refractivity contribution < 1.29 is 28.6 Å². The van der Waals surface area contributed by atoms with Crippen molar-refractivity contribution in [1.29, 1.82) is 0 Å². The summed E-state index contributed by atoms with van der Waals surface area (Å²) >= 11 is 0. The van der Waals surface area contributed by atoms with Crippen molar-refractivity contribution in [2.75, 3.05) is 19.9 Å². The number of carboxylic acids is 1. The summed E-state index contributed by atoms with van der Waals surface area (Å²) in [5.41, 5.74) is 3.56. The maximum absolute atomic E-state index is 13.1. The van der Waals surface area contributed by atoms with Gasteiger partial charge in [0, 0.05) is 18.2 Å². The number of halogens is 1. The van der Waals surface area contributed by atoms with Crippen LogP contribution in [-0.2, 0) is 20.9 Å². The normalized spacial score (nSPS) is 17.9. The second-order valence-corrected chi connectivity index (χ2v) is 7.56. The van der Waals surface area contributed by atoms with Gasteiger partial charge in [0.1, 0.15) is 6.04 Å². The Morgan fingerprint density at radius 2 is 2.17 bits per heavy atom. The van der Waals surface area contributed by atoms with E-state index in [0.29, 0.717) is 31.7 Å². The third-order valence-electron chi connectivity index (χ3n) is 5.57. The Morgan fingerprint density at radius 3 is 2.80 bits per heavy atom. The van der Waals surface area contributed by atoms with Gasteiger partial charge in [0.05, 0.1) is 26.3 Å². The quantitative estimate of drug-likeness (QED) is 0.643. The molecule has 1 aromatic rings. The van der Waals surface area contributed by atoms with E-state index >= 15 is 0 Å². The highest BCUT2D eigenvalue weighted by Gasteiger charge is 2.36. The molecule has 0 aliphatic carbocycles. The fourth-order valence-corrected chi connectivity index (χ4v) is 3.98. The van der Waals surface area contributed by atoms with Crippen LogP contribution >= 0.6 is 0 Å². The second-order valence-electron chi connectivity index (χ2n) is 7.56. The molecule has 1 aromatic carbocycles. The van der Waals surface area contributed by atoms with Gasteiger partial charge in [-0.05, 0) is 42.0 Å². The predicted octanol–water partition coefficient (Wildman–Crippen LogP) is 2.54. The Labute approximate surface area is 174 Å². The number of carboxylic acid groups (broad SMARTS) is 1. The molecule has 0 spiro atoms. The number of hydrogen-bond acceptors (Lipinski definition) is 4. The van der Waals surface area contributed by atoms with Crippen LogP contribution in [0.4, 0.5) is 4.39 Å².